The maximum absolute atomic E-state index is 12.0. The number of hydrogen-bond donors (Lipinski definition) is 1. The van der Waals surface area contributed by atoms with Gasteiger partial charge in [-0.1, -0.05) is 12.2 Å². The summed E-state index contributed by atoms with van der Waals surface area (Å²) in [6, 6.07) is 1.59. The van der Waals surface area contributed by atoms with E-state index in [1.54, 1.807) is 6.07 Å². The Hall–Kier alpha value is -1.59. The lowest BCUT2D eigenvalue weighted by molar-refractivity contribution is -0.115. The summed E-state index contributed by atoms with van der Waals surface area (Å²) in [6.45, 7) is -1.08. The Morgan fingerprint density at radius 2 is 1.94 bits per heavy atom. The summed E-state index contributed by atoms with van der Waals surface area (Å²) in [4.78, 5) is 7.86. The molecule has 0 aromatic carbocycles. The second-order valence-corrected chi connectivity index (χ2v) is 3.94. The van der Waals surface area contributed by atoms with Crippen molar-refractivity contribution >= 4 is 5.82 Å². The molecule has 0 bridgehead atoms. The van der Waals surface area contributed by atoms with Crippen LogP contribution >= 0.6 is 0 Å². The van der Waals surface area contributed by atoms with Crippen molar-refractivity contribution in [1.29, 1.82) is 0 Å². The van der Waals surface area contributed by atoms with E-state index in [9.17, 15) is 13.2 Å². The lowest BCUT2D eigenvalue weighted by atomic mass is 10.0. The van der Waals surface area contributed by atoms with Gasteiger partial charge >= 0.3 is 6.18 Å². The summed E-state index contributed by atoms with van der Waals surface area (Å²) in [6.07, 6.45) is 2.93. The number of halogens is 3. The molecule has 2 rings (SSSR count). The fourth-order valence-electron chi connectivity index (χ4n) is 1.74. The molecule has 0 aliphatic heterocycles. The van der Waals surface area contributed by atoms with Crippen molar-refractivity contribution in [3.05, 3.63) is 30.2 Å². The van der Waals surface area contributed by atoms with Gasteiger partial charge in [-0.15, -0.1) is 0 Å². The maximum Gasteiger partial charge on any atom is 0.405 e. The first-order valence-electron chi connectivity index (χ1n) is 5.32. The Bertz CT molecular complexity index is 407. The van der Waals surface area contributed by atoms with Gasteiger partial charge in [-0.25, -0.2) is 9.97 Å². The molecule has 0 unspecified atom stereocenters. The van der Waals surface area contributed by atoms with Crippen molar-refractivity contribution in [2.75, 3.05) is 11.9 Å². The summed E-state index contributed by atoms with van der Waals surface area (Å²) in [5.41, 5.74) is 0.787. The third-order valence-electron chi connectivity index (χ3n) is 2.58. The lowest BCUT2D eigenvalue weighted by Gasteiger charge is -2.11. The number of allylic oxidation sites excluding steroid dienone is 2. The normalized spacial score (nSPS) is 16.4. The van der Waals surface area contributed by atoms with Crippen LogP contribution in [0.5, 0.6) is 0 Å². The first-order chi connectivity index (χ1) is 8.04. The van der Waals surface area contributed by atoms with Crippen LogP contribution in [0.1, 0.15) is 24.5 Å². The number of nitrogens with zero attached hydrogens (tertiary/aromatic N) is 2. The second kappa shape index (κ2) is 4.73. The van der Waals surface area contributed by atoms with Crippen molar-refractivity contribution in [2.45, 2.75) is 24.9 Å². The minimum Gasteiger partial charge on any atom is -0.361 e. The van der Waals surface area contributed by atoms with E-state index in [2.05, 4.69) is 27.4 Å². The molecular weight excluding hydrogens is 231 g/mol. The highest BCUT2D eigenvalue weighted by molar-refractivity contribution is 5.36. The Labute approximate surface area is 96.8 Å². The average Bonchev–Trinajstić information content (AvgIpc) is 2.79. The Kier molecular flexibility index (Phi) is 3.31. The van der Waals surface area contributed by atoms with Crippen molar-refractivity contribution in [3.63, 3.8) is 0 Å². The minimum absolute atomic E-state index is 0.222. The molecule has 0 saturated heterocycles. The predicted molar refractivity (Wildman–Crippen MR) is 57.7 cm³/mol. The van der Waals surface area contributed by atoms with Crippen LogP contribution in [0.4, 0.5) is 19.0 Å². The van der Waals surface area contributed by atoms with Gasteiger partial charge in [0, 0.05) is 17.7 Å². The summed E-state index contributed by atoms with van der Waals surface area (Å²) >= 11 is 0. The maximum atomic E-state index is 12.0. The van der Waals surface area contributed by atoms with Gasteiger partial charge in [0.1, 0.15) is 18.7 Å². The van der Waals surface area contributed by atoms with Crippen LogP contribution in [0.3, 0.4) is 0 Å². The van der Waals surface area contributed by atoms with E-state index in [4.69, 9.17) is 0 Å². The number of hydrogen-bond acceptors (Lipinski definition) is 3. The number of nitrogens with one attached hydrogen (secondary N) is 1. The van der Waals surface area contributed by atoms with Crippen LogP contribution < -0.4 is 5.32 Å². The van der Waals surface area contributed by atoms with E-state index in [0.717, 1.165) is 18.5 Å². The molecule has 6 heteroatoms. The fraction of sp³-hybridized carbons (Fsp3) is 0.455. The highest BCUT2D eigenvalue weighted by atomic mass is 19.4. The van der Waals surface area contributed by atoms with Crippen LogP contribution in [0.25, 0.3) is 0 Å². The Morgan fingerprint density at radius 1 is 1.24 bits per heavy atom. The largest absolute Gasteiger partial charge is 0.405 e. The van der Waals surface area contributed by atoms with Crippen LogP contribution in [0, 0.1) is 0 Å². The van der Waals surface area contributed by atoms with Gasteiger partial charge in [-0.3, -0.25) is 0 Å². The van der Waals surface area contributed by atoms with Gasteiger partial charge < -0.3 is 5.32 Å². The fourth-order valence-corrected chi connectivity index (χ4v) is 1.74. The second-order valence-electron chi connectivity index (χ2n) is 3.94. The summed E-state index contributed by atoms with van der Waals surface area (Å²) in [5.74, 6) is 0.490. The van der Waals surface area contributed by atoms with Crippen molar-refractivity contribution in [3.8, 4) is 0 Å². The Balaban J connectivity index is 2.01. The van der Waals surface area contributed by atoms with Gasteiger partial charge in [-0.05, 0) is 12.8 Å². The predicted octanol–water partition coefficient (Wildman–Crippen LogP) is 2.88. The highest BCUT2D eigenvalue weighted by Gasteiger charge is 2.27. The minimum atomic E-state index is -4.24. The molecule has 0 amide bonds. The standard InChI is InChI=1S/C11H12F3N3/c12-11(13,14)6-15-10-5-9(16-7-17-10)8-3-1-2-4-8/h1-2,5,7-8H,3-4,6H2,(H,15,16,17). The van der Waals surface area contributed by atoms with E-state index in [-0.39, 0.29) is 11.7 Å². The summed E-state index contributed by atoms with van der Waals surface area (Å²) in [5, 5.41) is 2.25. The van der Waals surface area contributed by atoms with Crippen molar-refractivity contribution in [1.82, 2.24) is 9.97 Å². The van der Waals surface area contributed by atoms with Crippen molar-refractivity contribution < 1.29 is 13.2 Å². The monoisotopic (exact) mass is 243 g/mol. The molecule has 0 fully saturated rings. The molecule has 0 saturated carbocycles. The van der Waals surface area contributed by atoms with Crippen LogP contribution in [-0.4, -0.2) is 22.7 Å². The molecule has 1 aliphatic rings. The molecule has 1 aliphatic carbocycles. The molecule has 1 aromatic heterocycles. The van der Waals surface area contributed by atoms with Gasteiger partial charge in [0.2, 0.25) is 0 Å². The molecule has 1 heterocycles. The summed E-state index contributed by atoms with van der Waals surface area (Å²) in [7, 11) is 0. The van der Waals surface area contributed by atoms with Crippen LogP contribution in [0.2, 0.25) is 0 Å². The van der Waals surface area contributed by atoms with E-state index in [0.29, 0.717) is 0 Å². The van der Waals surface area contributed by atoms with Gasteiger partial charge in [-0.2, -0.15) is 13.2 Å². The average molecular weight is 243 g/mol. The van der Waals surface area contributed by atoms with Crippen molar-refractivity contribution in [2.24, 2.45) is 0 Å². The summed E-state index contributed by atoms with van der Waals surface area (Å²) < 4.78 is 36.1. The number of aromatic nitrogens is 2. The zero-order valence-corrected chi connectivity index (χ0v) is 9.04. The quantitative estimate of drug-likeness (QED) is 0.829. The van der Waals surface area contributed by atoms with E-state index >= 15 is 0 Å². The third kappa shape index (κ3) is 3.44. The van der Waals surface area contributed by atoms with E-state index < -0.39 is 12.7 Å². The lowest BCUT2D eigenvalue weighted by Crippen LogP contribution is -2.22. The molecule has 92 valence electrons. The van der Waals surface area contributed by atoms with Gasteiger partial charge in [0.25, 0.3) is 0 Å². The molecule has 1 N–H and O–H groups in total. The SMILES string of the molecule is FC(F)(F)CNc1cc(C2CC=CC2)ncn1. The van der Waals surface area contributed by atoms with Crippen LogP contribution in [0.15, 0.2) is 24.5 Å². The highest BCUT2D eigenvalue weighted by Crippen LogP contribution is 2.28. The number of anilines is 1. The van der Waals surface area contributed by atoms with E-state index in [1.807, 2.05) is 0 Å². The molecule has 0 spiro atoms. The smallest absolute Gasteiger partial charge is 0.361 e. The van der Waals surface area contributed by atoms with Gasteiger partial charge in [0.15, 0.2) is 0 Å². The zero-order chi connectivity index (χ0) is 12.3. The number of alkyl halides is 3. The number of rotatable bonds is 3. The molecule has 3 nitrogen and oxygen atoms in total. The molecule has 0 atom stereocenters. The topological polar surface area (TPSA) is 37.8 Å². The zero-order valence-electron chi connectivity index (χ0n) is 9.04. The Morgan fingerprint density at radius 3 is 2.59 bits per heavy atom. The molecular formula is C11H12F3N3. The molecule has 0 radical (unpaired) electrons. The van der Waals surface area contributed by atoms with Gasteiger partial charge in [0.05, 0.1) is 0 Å². The molecule has 1 aromatic rings. The first-order valence-corrected chi connectivity index (χ1v) is 5.32. The third-order valence-corrected chi connectivity index (χ3v) is 2.58. The molecule has 17 heavy (non-hydrogen) atoms. The first kappa shape index (κ1) is 11.9. The van der Waals surface area contributed by atoms with Crippen LogP contribution in [-0.2, 0) is 0 Å². The van der Waals surface area contributed by atoms with E-state index in [1.165, 1.54) is 6.33 Å².